The fourth-order valence-electron chi connectivity index (χ4n) is 2.53. The molecule has 0 bridgehead atoms. The number of hydrogen-bond acceptors (Lipinski definition) is 5. The average Bonchev–Trinajstić information content (AvgIpc) is 2.91. The molecule has 4 N–H and O–H groups in total. The Kier molecular flexibility index (Phi) is 4.84. The predicted octanol–water partition coefficient (Wildman–Crippen LogP) is 0.510. The molecule has 1 aromatic rings. The van der Waals surface area contributed by atoms with Crippen molar-refractivity contribution in [3.8, 4) is 0 Å². The van der Waals surface area contributed by atoms with Gasteiger partial charge in [0.05, 0.1) is 12.7 Å². The zero-order chi connectivity index (χ0) is 14.5. The van der Waals surface area contributed by atoms with Crippen LogP contribution in [0.3, 0.4) is 0 Å². The molecule has 0 atom stereocenters. The molecule has 0 spiro atoms. The Labute approximate surface area is 117 Å². The summed E-state index contributed by atoms with van der Waals surface area (Å²) in [6.07, 6.45) is 5.03. The van der Waals surface area contributed by atoms with Gasteiger partial charge in [-0.05, 0) is 19.8 Å². The molecule has 1 saturated carbocycles. The monoisotopic (exact) mass is 282 g/mol. The van der Waals surface area contributed by atoms with Crippen LogP contribution in [-0.4, -0.2) is 28.8 Å². The van der Waals surface area contributed by atoms with E-state index in [1.165, 1.54) is 17.4 Å². The van der Waals surface area contributed by atoms with Crippen molar-refractivity contribution in [1.29, 1.82) is 0 Å². The van der Waals surface area contributed by atoms with E-state index >= 15 is 0 Å². The summed E-state index contributed by atoms with van der Waals surface area (Å²) in [6, 6.07) is 0. The van der Waals surface area contributed by atoms with Crippen molar-refractivity contribution in [2.24, 2.45) is 0 Å². The van der Waals surface area contributed by atoms with E-state index in [0.29, 0.717) is 25.8 Å². The Hall–Kier alpha value is -1.76. The number of hydrogen-bond donors (Lipinski definition) is 3. The average molecular weight is 282 g/mol. The number of H-pyrrole nitrogens is 1. The van der Waals surface area contributed by atoms with Crippen LogP contribution in [-0.2, 0) is 11.3 Å². The molecule has 1 aliphatic carbocycles. The first-order valence-corrected chi connectivity index (χ1v) is 7.11. The molecule has 1 fully saturated rings. The minimum atomic E-state index is -0.488. The van der Waals surface area contributed by atoms with Gasteiger partial charge in [0.15, 0.2) is 0 Å². The number of nitrogen functional groups attached to an aromatic ring is 1. The summed E-state index contributed by atoms with van der Waals surface area (Å²) in [6.45, 7) is 3.22. The zero-order valence-corrected chi connectivity index (χ0v) is 11.8. The van der Waals surface area contributed by atoms with E-state index in [-0.39, 0.29) is 11.5 Å². The van der Waals surface area contributed by atoms with Gasteiger partial charge in [0.25, 0.3) is 5.56 Å². The molecule has 1 heterocycles. The number of nitrogens with one attached hydrogen (secondary N) is 2. The van der Waals surface area contributed by atoms with Crippen LogP contribution in [0.1, 0.15) is 32.6 Å². The lowest BCUT2D eigenvalue weighted by molar-refractivity contribution is 0.0659. The number of ether oxygens (including phenoxy) is 1. The molecule has 0 radical (unpaired) electrons. The zero-order valence-electron chi connectivity index (χ0n) is 11.8. The minimum Gasteiger partial charge on any atom is -0.383 e. The molecule has 0 amide bonds. The van der Waals surface area contributed by atoms with Gasteiger partial charge in [-0.2, -0.15) is 0 Å². The summed E-state index contributed by atoms with van der Waals surface area (Å²) >= 11 is 0. The third kappa shape index (κ3) is 3.22. The van der Waals surface area contributed by atoms with Crippen LogP contribution in [0.15, 0.2) is 9.59 Å². The molecular formula is C13H22N4O3. The summed E-state index contributed by atoms with van der Waals surface area (Å²) < 4.78 is 7.02. The molecule has 112 valence electrons. The number of rotatable bonds is 6. The van der Waals surface area contributed by atoms with Gasteiger partial charge in [0.2, 0.25) is 0 Å². The highest BCUT2D eigenvalue weighted by molar-refractivity contribution is 5.60. The summed E-state index contributed by atoms with van der Waals surface area (Å²) in [5.74, 6) is 0.169. The first-order chi connectivity index (χ1) is 9.63. The van der Waals surface area contributed by atoms with E-state index in [2.05, 4.69) is 10.3 Å². The Bertz CT molecular complexity index is 558. The van der Waals surface area contributed by atoms with Crippen molar-refractivity contribution in [1.82, 2.24) is 9.55 Å². The van der Waals surface area contributed by atoms with Gasteiger partial charge in [-0.25, -0.2) is 4.79 Å². The van der Waals surface area contributed by atoms with Gasteiger partial charge in [-0.15, -0.1) is 0 Å². The second kappa shape index (κ2) is 6.60. The highest BCUT2D eigenvalue weighted by Gasteiger charge is 2.15. The van der Waals surface area contributed by atoms with Crippen molar-refractivity contribution in [3.63, 3.8) is 0 Å². The molecule has 0 unspecified atom stereocenters. The lowest BCUT2D eigenvalue weighted by Crippen LogP contribution is -2.34. The third-order valence-electron chi connectivity index (χ3n) is 3.62. The van der Waals surface area contributed by atoms with Crippen molar-refractivity contribution in [3.05, 3.63) is 20.8 Å². The SMILES string of the molecule is CCn1c(N)c(NCCOC2CCCC2)c(=O)[nH]c1=O. The van der Waals surface area contributed by atoms with Crippen LogP contribution < -0.4 is 22.3 Å². The number of aromatic amines is 1. The second-order valence-electron chi connectivity index (χ2n) is 4.97. The number of anilines is 2. The van der Waals surface area contributed by atoms with Crippen LogP contribution in [0.25, 0.3) is 0 Å². The van der Waals surface area contributed by atoms with Crippen molar-refractivity contribution >= 4 is 11.5 Å². The van der Waals surface area contributed by atoms with Gasteiger partial charge < -0.3 is 15.8 Å². The second-order valence-corrected chi connectivity index (χ2v) is 4.97. The van der Waals surface area contributed by atoms with Crippen molar-refractivity contribution in [2.75, 3.05) is 24.2 Å². The highest BCUT2D eigenvalue weighted by Crippen LogP contribution is 2.20. The van der Waals surface area contributed by atoms with Gasteiger partial charge in [-0.1, -0.05) is 12.8 Å². The van der Waals surface area contributed by atoms with Crippen LogP contribution in [0.5, 0.6) is 0 Å². The summed E-state index contributed by atoms with van der Waals surface area (Å²) in [7, 11) is 0. The maximum absolute atomic E-state index is 11.7. The summed E-state index contributed by atoms with van der Waals surface area (Å²) in [4.78, 5) is 25.5. The van der Waals surface area contributed by atoms with E-state index in [0.717, 1.165) is 12.8 Å². The molecule has 20 heavy (non-hydrogen) atoms. The van der Waals surface area contributed by atoms with E-state index in [1.807, 2.05) is 0 Å². The third-order valence-corrected chi connectivity index (χ3v) is 3.62. The van der Waals surface area contributed by atoms with Crippen LogP contribution in [0.2, 0.25) is 0 Å². The topological polar surface area (TPSA) is 102 Å². The Morgan fingerprint density at radius 1 is 1.40 bits per heavy atom. The molecule has 0 aromatic carbocycles. The van der Waals surface area contributed by atoms with E-state index in [4.69, 9.17) is 10.5 Å². The fourth-order valence-corrected chi connectivity index (χ4v) is 2.53. The first-order valence-electron chi connectivity index (χ1n) is 7.11. The first kappa shape index (κ1) is 14.6. The normalized spacial score (nSPS) is 15.7. The summed E-state index contributed by atoms with van der Waals surface area (Å²) in [5.41, 5.74) is 5.11. The van der Waals surface area contributed by atoms with E-state index < -0.39 is 11.2 Å². The molecule has 7 nitrogen and oxygen atoms in total. The minimum absolute atomic E-state index is 0.169. The Balaban J connectivity index is 1.95. The fraction of sp³-hybridized carbons (Fsp3) is 0.692. The van der Waals surface area contributed by atoms with Crippen LogP contribution in [0.4, 0.5) is 11.5 Å². The molecule has 2 rings (SSSR count). The lowest BCUT2D eigenvalue weighted by atomic mass is 10.3. The molecule has 0 aliphatic heterocycles. The Morgan fingerprint density at radius 3 is 2.75 bits per heavy atom. The smallest absolute Gasteiger partial charge is 0.330 e. The predicted molar refractivity (Wildman–Crippen MR) is 78.1 cm³/mol. The lowest BCUT2D eigenvalue weighted by Gasteiger charge is -2.14. The largest absolute Gasteiger partial charge is 0.383 e. The Morgan fingerprint density at radius 2 is 2.10 bits per heavy atom. The number of nitrogens with two attached hydrogens (primary N) is 1. The molecule has 0 saturated heterocycles. The molecule has 1 aliphatic rings. The van der Waals surface area contributed by atoms with Crippen LogP contribution >= 0.6 is 0 Å². The maximum Gasteiger partial charge on any atom is 0.330 e. The summed E-state index contributed by atoms with van der Waals surface area (Å²) in [5, 5.41) is 2.95. The van der Waals surface area contributed by atoms with Gasteiger partial charge >= 0.3 is 5.69 Å². The maximum atomic E-state index is 11.7. The van der Waals surface area contributed by atoms with Gasteiger partial charge in [-0.3, -0.25) is 14.3 Å². The molecule has 1 aromatic heterocycles. The van der Waals surface area contributed by atoms with Crippen molar-refractivity contribution in [2.45, 2.75) is 45.3 Å². The van der Waals surface area contributed by atoms with Crippen LogP contribution in [0, 0.1) is 0 Å². The number of nitrogens with zero attached hydrogens (tertiary/aromatic N) is 1. The van der Waals surface area contributed by atoms with E-state index in [1.54, 1.807) is 6.92 Å². The van der Waals surface area contributed by atoms with Crippen molar-refractivity contribution < 1.29 is 4.74 Å². The van der Waals surface area contributed by atoms with E-state index in [9.17, 15) is 9.59 Å². The van der Waals surface area contributed by atoms with Gasteiger partial charge in [0, 0.05) is 13.1 Å². The van der Waals surface area contributed by atoms with Gasteiger partial charge in [0.1, 0.15) is 11.5 Å². The molecule has 7 heteroatoms. The standard InChI is InChI=1S/C13H22N4O3/c1-2-17-11(14)10(12(18)16-13(17)19)15-7-8-20-9-5-3-4-6-9/h9,15H,2-8,14H2,1H3,(H,16,18,19). The number of aromatic nitrogens is 2. The molecular weight excluding hydrogens is 260 g/mol. The highest BCUT2D eigenvalue weighted by atomic mass is 16.5. The quantitative estimate of drug-likeness (QED) is 0.660.